The maximum absolute atomic E-state index is 13.0. The van der Waals surface area contributed by atoms with Crippen molar-refractivity contribution in [3.63, 3.8) is 0 Å². The van der Waals surface area contributed by atoms with E-state index >= 15 is 0 Å². The van der Waals surface area contributed by atoms with E-state index in [1.165, 1.54) is 18.2 Å². The van der Waals surface area contributed by atoms with Crippen molar-refractivity contribution < 1.29 is 12.8 Å². The van der Waals surface area contributed by atoms with Crippen molar-refractivity contribution >= 4 is 26.7 Å². The zero-order chi connectivity index (χ0) is 19.7. The van der Waals surface area contributed by atoms with Gasteiger partial charge in [-0.2, -0.15) is 0 Å². The largest absolute Gasteiger partial charge is 0.319 e. The Bertz CT molecular complexity index is 1330. The van der Waals surface area contributed by atoms with Crippen LogP contribution in [0.25, 0.3) is 22.3 Å². The lowest BCUT2D eigenvalue weighted by atomic mass is 10.1. The van der Waals surface area contributed by atoms with E-state index in [4.69, 9.17) is 0 Å². The average Bonchev–Trinajstić information content (AvgIpc) is 2.67. The summed E-state index contributed by atoms with van der Waals surface area (Å²) in [5.41, 5.74) is 1.76. The smallest absolute Gasteiger partial charge is 0.274 e. The maximum Gasteiger partial charge on any atom is 0.274 e. The summed E-state index contributed by atoms with van der Waals surface area (Å²) in [6.07, 6.45) is 0. The molecule has 140 valence electrons. The third-order valence-corrected chi connectivity index (χ3v) is 5.51. The van der Waals surface area contributed by atoms with Gasteiger partial charge < -0.3 is 4.98 Å². The Hall–Kier alpha value is -3.52. The fraction of sp³-hybridized carbons (Fsp3) is 0. The number of fused-ring (bicyclic) bond motifs is 1. The molecule has 0 aliphatic rings. The van der Waals surface area contributed by atoms with Gasteiger partial charge in [0.05, 0.1) is 15.9 Å². The lowest BCUT2D eigenvalue weighted by Crippen LogP contribution is -2.14. The molecule has 0 spiro atoms. The van der Waals surface area contributed by atoms with Gasteiger partial charge in [-0.3, -0.25) is 9.52 Å². The second-order valence-electron chi connectivity index (χ2n) is 6.07. The number of aromatic amines is 1. The zero-order valence-corrected chi connectivity index (χ0v) is 15.2. The number of benzene rings is 3. The van der Waals surface area contributed by atoms with Crippen LogP contribution in [0.15, 0.2) is 82.5 Å². The Balaban J connectivity index is 1.71. The molecule has 0 amide bonds. The van der Waals surface area contributed by atoms with Crippen LogP contribution in [0.2, 0.25) is 0 Å². The summed E-state index contributed by atoms with van der Waals surface area (Å²) in [5, 5.41) is 0. The molecular formula is C20H14FN3O3S. The Kier molecular flexibility index (Phi) is 4.40. The van der Waals surface area contributed by atoms with Gasteiger partial charge in [-0.1, -0.05) is 24.3 Å². The number of anilines is 1. The summed E-state index contributed by atoms with van der Waals surface area (Å²) >= 11 is 0. The van der Waals surface area contributed by atoms with Crippen LogP contribution < -0.4 is 10.3 Å². The number of H-pyrrole nitrogens is 1. The first-order valence-corrected chi connectivity index (χ1v) is 9.79. The fourth-order valence-corrected chi connectivity index (χ4v) is 3.83. The normalized spacial score (nSPS) is 11.5. The van der Waals surface area contributed by atoms with Crippen molar-refractivity contribution in [3.8, 4) is 11.3 Å². The second-order valence-corrected chi connectivity index (χ2v) is 7.75. The molecule has 4 rings (SSSR count). The standard InChI is InChI=1S/C20H14FN3O3S/c21-14-8-10-16(11-9-14)28(26,27)24-15-5-3-4-13(12-15)19-20(25)23-18-7-2-1-6-17(18)22-19/h1-12,24H,(H,23,25). The lowest BCUT2D eigenvalue weighted by Gasteiger charge is -2.09. The highest BCUT2D eigenvalue weighted by atomic mass is 32.2. The summed E-state index contributed by atoms with van der Waals surface area (Å²) in [5.74, 6) is -0.525. The van der Waals surface area contributed by atoms with Crippen molar-refractivity contribution in [2.45, 2.75) is 4.90 Å². The first-order valence-electron chi connectivity index (χ1n) is 8.30. The van der Waals surface area contributed by atoms with Crippen LogP contribution in [0, 0.1) is 5.82 Å². The fourth-order valence-electron chi connectivity index (χ4n) is 2.78. The molecule has 1 heterocycles. The van der Waals surface area contributed by atoms with Gasteiger partial charge in [-0.25, -0.2) is 17.8 Å². The molecule has 3 aromatic carbocycles. The number of sulfonamides is 1. The molecule has 0 aliphatic carbocycles. The molecule has 2 N–H and O–H groups in total. The molecule has 0 saturated carbocycles. The van der Waals surface area contributed by atoms with Gasteiger partial charge in [0.1, 0.15) is 11.5 Å². The number of hydrogen-bond donors (Lipinski definition) is 2. The van der Waals surface area contributed by atoms with E-state index in [1.807, 2.05) is 6.07 Å². The van der Waals surface area contributed by atoms with E-state index in [0.717, 1.165) is 12.1 Å². The van der Waals surface area contributed by atoms with Crippen molar-refractivity contribution in [3.05, 3.63) is 89.0 Å². The molecule has 0 radical (unpaired) electrons. The summed E-state index contributed by atoms with van der Waals surface area (Å²) in [4.78, 5) is 19.5. The molecule has 0 saturated heterocycles. The van der Waals surface area contributed by atoms with Crippen LogP contribution in [0.1, 0.15) is 0 Å². The highest BCUT2D eigenvalue weighted by Gasteiger charge is 2.15. The lowest BCUT2D eigenvalue weighted by molar-refractivity contribution is 0.599. The van der Waals surface area contributed by atoms with Crippen molar-refractivity contribution in [1.29, 1.82) is 0 Å². The van der Waals surface area contributed by atoms with E-state index in [1.54, 1.807) is 36.4 Å². The van der Waals surface area contributed by atoms with Crippen LogP contribution in [0.4, 0.5) is 10.1 Å². The topological polar surface area (TPSA) is 91.9 Å². The second kappa shape index (κ2) is 6.90. The number of aromatic nitrogens is 2. The summed E-state index contributed by atoms with van der Waals surface area (Å²) in [6.45, 7) is 0. The highest BCUT2D eigenvalue weighted by Crippen LogP contribution is 2.22. The first kappa shape index (κ1) is 17.9. The van der Waals surface area contributed by atoms with Gasteiger partial charge in [0.15, 0.2) is 0 Å². The Morgan fingerprint density at radius 1 is 0.929 bits per heavy atom. The highest BCUT2D eigenvalue weighted by molar-refractivity contribution is 7.92. The number of halogens is 1. The molecule has 8 heteroatoms. The van der Waals surface area contributed by atoms with Crippen molar-refractivity contribution in [1.82, 2.24) is 9.97 Å². The Labute approximate surface area is 159 Å². The number of hydrogen-bond acceptors (Lipinski definition) is 4. The Morgan fingerprint density at radius 2 is 1.68 bits per heavy atom. The molecule has 0 fully saturated rings. The van der Waals surface area contributed by atoms with Crippen LogP contribution in [-0.2, 0) is 10.0 Å². The molecule has 0 bridgehead atoms. The van der Waals surface area contributed by atoms with Crippen LogP contribution in [0.3, 0.4) is 0 Å². The SMILES string of the molecule is O=c1[nH]c2ccccc2nc1-c1cccc(NS(=O)(=O)c2ccc(F)cc2)c1. The molecule has 6 nitrogen and oxygen atoms in total. The quantitative estimate of drug-likeness (QED) is 0.553. The minimum Gasteiger partial charge on any atom is -0.319 e. The summed E-state index contributed by atoms with van der Waals surface area (Å²) < 4.78 is 40.4. The molecule has 4 aromatic rings. The minimum atomic E-state index is -3.90. The van der Waals surface area contributed by atoms with Crippen LogP contribution in [0.5, 0.6) is 0 Å². The molecule has 0 atom stereocenters. The van der Waals surface area contributed by atoms with Gasteiger partial charge in [0.25, 0.3) is 15.6 Å². The minimum absolute atomic E-state index is 0.0685. The molecular weight excluding hydrogens is 381 g/mol. The first-order chi connectivity index (χ1) is 13.4. The number of rotatable bonds is 4. The van der Waals surface area contributed by atoms with Gasteiger partial charge >= 0.3 is 0 Å². The van der Waals surface area contributed by atoms with E-state index in [9.17, 15) is 17.6 Å². The van der Waals surface area contributed by atoms with E-state index in [0.29, 0.717) is 16.6 Å². The third kappa shape index (κ3) is 3.49. The van der Waals surface area contributed by atoms with E-state index in [2.05, 4.69) is 14.7 Å². The molecule has 28 heavy (non-hydrogen) atoms. The monoisotopic (exact) mass is 395 g/mol. The van der Waals surface area contributed by atoms with Gasteiger partial charge in [0, 0.05) is 11.3 Å². The van der Waals surface area contributed by atoms with Crippen LogP contribution >= 0.6 is 0 Å². The predicted molar refractivity (Wildman–Crippen MR) is 105 cm³/mol. The van der Waals surface area contributed by atoms with Crippen LogP contribution in [-0.4, -0.2) is 18.4 Å². The Morgan fingerprint density at radius 3 is 2.46 bits per heavy atom. The molecule has 0 aliphatic heterocycles. The third-order valence-electron chi connectivity index (χ3n) is 4.11. The zero-order valence-electron chi connectivity index (χ0n) is 14.4. The number of nitrogens with one attached hydrogen (secondary N) is 2. The van der Waals surface area contributed by atoms with Gasteiger partial charge in [0.2, 0.25) is 0 Å². The van der Waals surface area contributed by atoms with E-state index in [-0.39, 0.29) is 21.8 Å². The van der Waals surface area contributed by atoms with E-state index < -0.39 is 15.8 Å². The van der Waals surface area contributed by atoms with Crippen molar-refractivity contribution in [2.75, 3.05) is 4.72 Å². The maximum atomic E-state index is 13.0. The molecule has 0 unspecified atom stereocenters. The van der Waals surface area contributed by atoms with Crippen molar-refractivity contribution in [2.24, 2.45) is 0 Å². The summed E-state index contributed by atoms with van der Waals surface area (Å²) in [6, 6.07) is 18.0. The number of nitrogens with zero attached hydrogens (tertiary/aromatic N) is 1. The average molecular weight is 395 g/mol. The van der Waals surface area contributed by atoms with Gasteiger partial charge in [-0.15, -0.1) is 0 Å². The molecule has 1 aromatic heterocycles. The van der Waals surface area contributed by atoms with Gasteiger partial charge in [-0.05, 0) is 48.5 Å². The summed E-state index contributed by atoms with van der Waals surface area (Å²) in [7, 11) is -3.90. The number of para-hydroxylation sites is 2. The predicted octanol–water partition coefficient (Wildman–Crippen LogP) is 3.53.